The molecule has 2 fully saturated rings. The zero-order chi connectivity index (χ0) is 15.8. The van der Waals surface area contributed by atoms with E-state index in [-0.39, 0.29) is 0 Å². The van der Waals surface area contributed by atoms with Crippen LogP contribution in [0.2, 0.25) is 0 Å². The molecule has 0 aromatic rings. The molecule has 0 aliphatic carbocycles. The number of likely N-dealkylation sites (tertiary alicyclic amines) is 1. The van der Waals surface area contributed by atoms with Gasteiger partial charge in [0.1, 0.15) is 0 Å². The standard InChI is InChI=1S/C9H19N.C5H11N.2C2H6/c1-8(2)9-4-6-10(3)7-5-9;1-2-4-6-5-3-1;2*1-2/h8-9H,4-7H2,1-3H3;6H,1-5H2;2*1-2H3. The minimum atomic E-state index is 0.897. The van der Waals surface area contributed by atoms with E-state index in [1.165, 1.54) is 58.3 Å². The van der Waals surface area contributed by atoms with Crippen molar-refractivity contribution < 1.29 is 0 Å². The maximum atomic E-state index is 3.28. The summed E-state index contributed by atoms with van der Waals surface area (Å²) in [5.74, 6) is 1.89. The second-order valence-corrected chi connectivity index (χ2v) is 5.70. The number of hydrogen-bond acceptors (Lipinski definition) is 2. The second-order valence-electron chi connectivity index (χ2n) is 5.70. The normalized spacial score (nSPS) is 19.8. The highest BCUT2D eigenvalue weighted by Gasteiger charge is 2.18. The molecule has 0 amide bonds. The molecular weight excluding hydrogens is 244 g/mol. The molecule has 124 valence electrons. The van der Waals surface area contributed by atoms with Crippen LogP contribution in [0, 0.1) is 11.8 Å². The quantitative estimate of drug-likeness (QED) is 0.745. The predicted molar refractivity (Wildman–Crippen MR) is 94.5 cm³/mol. The first-order chi connectivity index (χ1) is 9.70. The minimum Gasteiger partial charge on any atom is -0.317 e. The van der Waals surface area contributed by atoms with Crippen LogP contribution in [0.4, 0.5) is 0 Å². The van der Waals surface area contributed by atoms with E-state index in [1.54, 1.807) is 0 Å². The average molecular weight is 287 g/mol. The fraction of sp³-hybridized carbons (Fsp3) is 1.00. The van der Waals surface area contributed by atoms with E-state index in [4.69, 9.17) is 0 Å². The number of piperidine rings is 2. The molecule has 0 spiro atoms. The molecule has 0 unspecified atom stereocenters. The number of rotatable bonds is 1. The highest BCUT2D eigenvalue weighted by molar-refractivity contribution is 4.71. The number of nitrogens with one attached hydrogen (secondary N) is 1. The Bertz CT molecular complexity index is 145. The van der Waals surface area contributed by atoms with Gasteiger partial charge in [-0.05, 0) is 70.7 Å². The van der Waals surface area contributed by atoms with Crippen molar-refractivity contribution in [1.82, 2.24) is 10.2 Å². The van der Waals surface area contributed by atoms with Gasteiger partial charge in [0.2, 0.25) is 0 Å². The van der Waals surface area contributed by atoms with Crippen molar-refractivity contribution in [3.8, 4) is 0 Å². The lowest BCUT2D eigenvalue weighted by molar-refractivity contribution is 0.185. The Morgan fingerprint density at radius 3 is 1.55 bits per heavy atom. The van der Waals surface area contributed by atoms with Gasteiger partial charge in [0.05, 0.1) is 0 Å². The second kappa shape index (κ2) is 17.0. The third-order valence-corrected chi connectivity index (χ3v) is 3.91. The van der Waals surface area contributed by atoms with Crippen LogP contribution in [0.1, 0.15) is 73.6 Å². The van der Waals surface area contributed by atoms with Gasteiger partial charge in [0.25, 0.3) is 0 Å². The molecule has 2 heteroatoms. The molecule has 0 aromatic carbocycles. The summed E-state index contributed by atoms with van der Waals surface area (Å²) in [5.41, 5.74) is 0. The fourth-order valence-electron chi connectivity index (χ4n) is 2.50. The summed E-state index contributed by atoms with van der Waals surface area (Å²) in [7, 11) is 2.22. The van der Waals surface area contributed by atoms with Crippen LogP contribution in [0.3, 0.4) is 0 Å². The summed E-state index contributed by atoms with van der Waals surface area (Å²) < 4.78 is 0. The molecule has 2 rings (SSSR count). The summed E-state index contributed by atoms with van der Waals surface area (Å²) >= 11 is 0. The van der Waals surface area contributed by atoms with Crippen molar-refractivity contribution in [2.75, 3.05) is 33.2 Å². The SMILES string of the molecule is C1CCNCC1.CC.CC.CC(C)C1CCN(C)CC1. The van der Waals surface area contributed by atoms with Crippen LogP contribution in [0.15, 0.2) is 0 Å². The molecule has 20 heavy (non-hydrogen) atoms. The lowest BCUT2D eigenvalue weighted by Gasteiger charge is -2.31. The van der Waals surface area contributed by atoms with Gasteiger partial charge in [-0.3, -0.25) is 0 Å². The fourth-order valence-corrected chi connectivity index (χ4v) is 2.50. The van der Waals surface area contributed by atoms with Crippen LogP contribution < -0.4 is 5.32 Å². The third kappa shape index (κ3) is 12.9. The zero-order valence-electron chi connectivity index (χ0n) is 15.5. The van der Waals surface area contributed by atoms with E-state index in [2.05, 4.69) is 31.1 Å². The molecule has 0 bridgehead atoms. The van der Waals surface area contributed by atoms with Crippen molar-refractivity contribution in [3.05, 3.63) is 0 Å². The van der Waals surface area contributed by atoms with Gasteiger partial charge in [-0.25, -0.2) is 0 Å². The Hall–Kier alpha value is -0.0800. The van der Waals surface area contributed by atoms with Gasteiger partial charge in [-0.1, -0.05) is 48.0 Å². The van der Waals surface area contributed by atoms with E-state index in [1.807, 2.05) is 27.7 Å². The highest BCUT2D eigenvalue weighted by Crippen LogP contribution is 2.23. The first-order valence-corrected chi connectivity index (χ1v) is 9.09. The topological polar surface area (TPSA) is 15.3 Å². The lowest BCUT2D eigenvalue weighted by Crippen LogP contribution is -2.32. The van der Waals surface area contributed by atoms with Crippen LogP contribution in [-0.4, -0.2) is 38.1 Å². The van der Waals surface area contributed by atoms with Crippen molar-refractivity contribution >= 4 is 0 Å². The number of hydrogen-bond donors (Lipinski definition) is 1. The maximum Gasteiger partial charge on any atom is -0.00190 e. The molecular formula is C18H42N2. The van der Waals surface area contributed by atoms with E-state index in [0.29, 0.717) is 0 Å². The molecule has 1 N–H and O–H groups in total. The molecule has 0 saturated carbocycles. The van der Waals surface area contributed by atoms with E-state index >= 15 is 0 Å². The van der Waals surface area contributed by atoms with Crippen molar-refractivity contribution in [3.63, 3.8) is 0 Å². The first kappa shape index (κ1) is 22.2. The van der Waals surface area contributed by atoms with Crippen molar-refractivity contribution in [2.45, 2.75) is 73.6 Å². The molecule has 2 aliphatic heterocycles. The molecule has 2 saturated heterocycles. The van der Waals surface area contributed by atoms with Crippen LogP contribution in [-0.2, 0) is 0 Å². The summed E-state index contributed by atoms with van der Waals surface area (Å²) in [6.45, 7) is 17.8. The van der Waals surface area contributed by atoms with Gasteiger partial charge in [-0.15, -0.1) is 0 Å². The van der Waals surface area contributed by atoms with Gasteiger partial charge in [0, 0.05) is 0 Å². The highest BCUT2D eigenvalue weighted by atomic mass is 15.1. The van der Waals surface area contributed by atoms with E-state index < -0.39 is 0 Å². The van der Waals surface area contributed by atoms with Crippen LogP contribution in [0.5, 0.6) is 0 Å². The summed E-state index contributed by atoms with van der Waals surface area (Å²) in [5, 5.41) is 3.28. The lowest BCUT2D eigenvalue weighted by atomic mass is 9.87. The minimum absolute atomic E-state index is 0.897. The Labute approximate surface area is 129 Å². The van der Waals surface area contributed by atoms with Crippen LogP contribution >= 0.6 is 0 Å². The molecule has 2 heterocycles. The smallest absolute Gasteiger partial charge is 0.00190 e. The van der Waals surface area contributed by atoms with Gasteiger partial charge in [-0.2, -0.15) is 0 Å². The summed E-state index contributed by atoms with van der Waals surface area (Å²) in [6, 6.07) is 0. The van der Waals surface area contributed by atoms with Crippen molar-refractivity contribution in [2.24, 2.45) is 11.8 Å². The first-order valence-electron chi connectivity index (χ1n) is 9.09. The monoisotopic (exact) mass is 286 g/mol. The van der Waals surface area contributed by atoms with Crippen LogP contribution in [0.25, 0.3) is 0 Å². The van der Waals surface area contributed by atoms with E-state index in [0.717, 1.165) is 11.8 Å². The molecule has 0 radical (unpaired) electrons. The van der Waals surface area contributed by atoms with Gasteiger partial charge >= 0.3 is 0 Å². The third-order valence-electron chi connectivity index (χ3n) is 3.91. The molecule has 2 aliphatic rings. The van der Waals surface area contributed by atoms with Crippen molar-refractivity contribution in [1.29, 1.82) is 0 Å². The van der Waals surface area contributed by atoms with Gasteiger partial charge in [0.15, 0.2) is 0 Å². The molecule has 0 aromatic heterocycles. The van der Waals surface area contributed by atoms with Gasteiger partial charge < -0.3 is 10.2 Å². The molecule has 0 atom stereocenters. The predicted octanol–water partition coefficient (Wildman–Crippen LogP) is 4.80. The number of nitrogens with zero attached hydrogens (tertiary/aromatic N) is 1. The maximum absolute atomic E-state index is 3.28. The summed E-state index contributed by atoms with van der Waals surface area (Å²) in [6.07, 6.45) is 7.04. The Morgan fingerprint density at radius 2 is 1.30 bits per heavy atom. The zero-order valence-corrected chi connectivity index (χ0v) is 15.5. The Morgan fingerprint density at radius 1 is 0.850 bits per heavy atom. The van der Waals surface area contributed by atoms with E-state index in [9.17, 15) is 0 Å². The molecule has 2 nitrogen and oxygen atoms in total. The largest absolute Gasteiger partial charge is 0.317 e. The summed E-state index contributed by atoms with van der Waals surface area (Å²) in [4.78, 5) is 2.43. The Kier molecular flexibility index (Phi) is 18.8. The average Bonchev–Trinajstić information content (AvgIpc) is 2.54. The Balaban J connectivity index is 0.